The Balaban J connectivity index is 2.25. The molecule has 0 bridgehead atoms. The van der Waals surface area contributed by atoms with Crippen molar-refractivity contribution < 1.29 is 14.6 Å². The fraction of sp³-hybridized carbons (Fsp3) is 0.292. The molecular formula is C24H27ClN4O3Si. The zero-order chi connectivity index (χ0) is 24.3. The Kier molecular flexibility index (Phi) is 7.27. The number of nitrogen functional groups attached to an aromatic ring is 1. The van der Waals surface area contributed by atoms with Crippen LogP contribution in [0.25, 0.3) is 22.6 Å². The smallest absolute Gasteiger partial charge is 0.337 e. The third kappa shape index (κ3) is 5.63. The summed E-state index contributed by atoms with van der Waals surface area (Å²) in [6.07, 6.45) is 7.13. The zero-order valence-electron chi connectivity index (χ0n) is 19.1. The van der Waals surface area contributed by atoms with Crippen molar-refractivity contribution in [3.8, 4) is 35.0 Å². The monoisotopic (exact) mass is 482 g/mol. The molecule has 0 radical (unpaired) electrons. The van der Waals surface area contributed by atoms with Crippen molar-refractivity contribution in [1.29, 1.82) is 0 Å². The summed E-state index contributed by atoms with van der Waals surface area (Å²) in [7, 11) is -1.31. The molecule has 0 aliphatic carbocycles. The van der Waals surface area contributed by atoms with Gasteiger partial charge in [-0.3, -0.25) is 0 Å². The fourth-order valence-corrected chi connectivity index (χ4v) is 4.34. The van der Waals surface area contributed by atoms with E-state index in [1.54, 1.807) is 22.8 Å². The van der Waals surface area contributed by atoms with Crippen LogP contribution in [0.3, 0.4) is 0 Å². The highest BCUT2D eigenvalue weighted by Crippen LogP contribution is 2.36. The number of carboxylic acid groups (broad SMARTS) is 1. The number of aromatic nitrogens is 3. The molecule has 172 valence electrons. The van der Waals surface area contributed by atoms with Gasteiger partial charge in [0, 0.05) is 31.5 Å². The Morgan fingerprint density at radius 1 is 1.33 bits per heavy atom. The van der Waals surface area contributed by atoms with Gasteiger partial charge in [-0.1, -0.05) is 43.2 Å². The number of hydrogen-bond acceptors (Lipinski definition) is 5. The number of nitrogens with zero attached hydrogens (tertiary/aromatic N) is 3. The highest BCUT2D eigenvalue weighted by molar-refractivity contribution is 6.76. The number of aryl methyl sites for hydroxylation is 1. The maximum atomic E-state index is 12.3. The Morgan fingerprint density at radius 2 is 2.06 bits per heavy atom. The first-order valence-corrected chi connectivity index (χ1v) is 14.5. The highest BCUT2D eigenvalue weighted by Gasteiger charge is 2.26. The second-order valence-corrected chi connectivity index (χ2v) is 15.0. The van der Waals surface area contributed by atoms with E-state index in [4.69, 9.17) is 28.5 Å². The third-order valence-electron chi connectivity index (χ3n) is 5.20. The van der Waals surface area contributed by atoms with E-state index in [0.29, 0.717) is 39.8 Å². The topological polar surface area (TPSA) is 103 Å². The molecule has 0 aliphatic rings. The fourth-order valence-electron chi connectivity index (χ4n) is 3.41. The molecule has 2 aromatic heterocycles. The lowest BCUT2D eigenvalue weighted by Crippen LogP contribution is -2.22. The minimum Gasteiger partial charge on any atom is -0.478 e. The van der Waals surface area contributed by atoms with Crippen molar-refractivity contribution in [2.45, 2.75) is 39.3 Å². The molecule has 33 heavy (non-hydrogen) atoms. The van der Waals surface area contributed by atoms with Crippen LogP contribution in [-0.4, -0.2) is 40.3 Å². The quantitative estimate of drug-likeness (QED) is 0.261. The average Bonchev–Trinajstić information content (AvgIpc) is 3.11. The molecule has 1 aromatic carbocycles. The van der Waals surface area contributed by atoms with Gasteiger partial charge >= 0.3 is 5.97 Å². The number of hydrogen-bond donors (Lipinski definition) is 2. The second kappa shape index (κ2) is 9.79. The van der Waals surface area contributed by atoms with Crippen LogP contribution in [0, 0.1) is 19.3 Å². The van der Waals surface area contributed by atoms with Crippen molar-refractivity contribution in [3.05, 3.63) is 52.2 Å². The Morgan fingerprint density at radius 3 is 2.70 bits per heavy atom. The first kappa shape index (κ1) is 24.5. The highest BCUT2D eigenvalue weighted by atomic mass is 35.5. The molecule has 2 heterocycles. The van der Waals surface area contributed by atoms with E-state index in [2.05, 4.69) is 35.5 Å². The van der Waals surface area contributed by atoms with Crippen molar-refractivity contribution in [2.24, 2.45) is 0 Å². The number of halogens is 1. The van der Waals surface area contributed by atoms with Crippen molar-refractivity contribution in [3.63, 3.8) is 0 Å². The summed E-state index contributed by atoms with van der Waals surface area (Å²) in [5.74, 6) is 1.50. The van der Waals surface area contributed by atoms with Crippen LogP contribution in [0.1, 0.15) is 21.5 Å². The molecule has 3 rings (SSSR count). The molecule has 0 spiro atoms. The number of benzene rings is 1. The summed E-state index contributed by atoms with van der Waals surface area (Å²) in [6.45, 7) is 9.37. The van der Waals surface area contributed by atoms with Gasteiger partial charge in [0.25, 0.3) is 0 Å². The Hall–Kier alpha value is -3.12. The molecule has 0 fully saturated rings. The van der Waals surface area contributed by atoms with Crippen LogP contribution in [-0.2, 0) is 11.5 Å². The summed E-state index contributed by atoms with van der Waals surface area (Å²) in [5.41, 5.74) is 9.19. The number of ether oxygens (including phenoxy) is 1. The lowest BCUT2D eigenvalue weighted by molar-refractivity contribution is 0.0696. The molecule has 0 saturated heterocycles. The van der Waals surface area contributed by atoms with Gasteiger partial charge in [-0.2, -0.15) is 0 Å². The summed E-state index contributed by atoms with van der Waals surface area (Å²) in [6, 6.07) is 7.87. The summed E-state index contributed by atoms with van der Waals surface area (Å²) >= 11 is 6.27. The second-order valence-electron chi connectivity index (χ2n) is 8.97. The first-order valence-electron chi connectivity index (χ1n) is 10.4. The number of aromatic carboxylic acids is 1. The summed E-state index contributed by atoms with van der Waals surface area (Å²) in [5, 5.41) is 10.5. The number of anilines is 1. The van der Waals surface area contributed by atoms with E-state index in [-0.39, 0.29) is 18.2 Å². The van der Waals surface area contributed by atoms with Crippen LogP contribution < -0.4 is 5.73 Å². The first-order chi connectivity index (χ1) is 15.5. The normalized spacial score (nSPS) is 11.4. The van der Waals surface area contributed by atoms with E-state index >= 15 is 0 Å². The number of nitrogens with two attached hydrogens (primary N) is 1. The number of carboxylic acids is 1. The lowest BCUT2D eigenvalue weighted by Gasteiger charge is -2.19. The molecule has 7 nitrogen and oxygen atoms in total. The molecule has 3 aromatic rings. The van der Waals surface area contributed by atoms with Crippen molar-refractivity contribution in [1.82, 2.24) is 14.5 Å². The molecule has 0 atom stereocenters. The minimum absolute atomic E-state index is 0.0359. The predicted molar refractivity (Wildman–Crippen MR) is 134 cm³/mol. The van der Waals surface area contributed by atoms with Gasteiger partial charge in [-0.05, 0) is 36.7 Å². The Labute approximate surface area is 199 Å². The van der Waals surface area contributed by atoms with Gasteiger partial charge in [-0.15, -0.1) is 6.42 Å². The van der Waals surface area contributed by atoms with Gasteiger partial charge in [0.2, 0.25) is 5.95 Å². The van der Waals surface area contributed by atoms with Gasteiger partial charge in [0.05, 0.1) is 22.5 Å². The van der Waals surface area contributed by atoms with Gasteiger partial charge in [0.1, 0.15) is 12.4 Å². The van der Waals surface area contributed by atoms with Gasteiger partial charge < -0.3 is 20.1 Å². The average molecular weight is 483 g/mol. The zero-order valence-corrected chi connectivity index (χ0v) is 20.9. The largest absolute Gasteiger partial charge is 0.478 e. The van der Waals surface area contributed by atoms with E-state index in [1.807, 2.05) is 13.0 Å². The van der Waals surface area contributed by atoms with Crippen molar-refractivity contribution in [2.75, 3.05) is 12.3 Å². The van der Waals surface area contributed by atoms with Gasteiger partial charge in [-0.25, -0.2) is 14.8 Å². The molecule has 0 aliphatic heterocycles. The van der Waals surface area contributed by atoms with Crippen molar-refractivity contribution >= 4 is 31.6 Å². The van der Waals surface area contributed by atoms with Crippen LogP contribution >= 0.6 is 11.6 Å². The summed E-state index contributed by atoms with van der Waals surface area (Å²) in [4.78, 5) is 20.6. The van der Waals surface area contributed by atoms with E-state index in [1.165, 1.54) is 6.20 Å². The van der Waals surface area contributed by atoms with E-state index < -0.39 is 14.0 Å². The molecule has 0 saturated carbocycles. The van der Waals surface area contributed by atoms with Crippen LogP contribution in [0.15, 0.2) is 30.5 Å². The van der Waals surface area contributed by atoms with Crippen LogP contribution in [0.4, 0.5) is 5.95 Å². The molecule has 9 heteroatoms. The molecule has 0 unspecified atom stereocenters. The number of carbonyl (C=O) groups is 1. The predicted octanol–water partition coefficient (Wildman–Crippen LogP) is 5.15. The third-order valence-corrected chi connectivity index (χ3v) is 7.14. The number of terminal acetylenes is 1. The Bertz CT molecular complexity index is 1240. The lowest BCUT2D eigenvalue weighted by atomic mass is 10.0. The molecular weight excluding hydrogens is 456 g/mol. The molecule has 3 N–H and O–H groups in total. The minimum atomic E-state index is -1.31. The molecule has 0 amide bonds. The maximum Gasteiger partial charge on any atom is 0.337 e. The van der Waals surface area contributed by atoms with E-state index in [0.717, 1.165) is 11.6 Å². The SMILES string of the molecule is C#Cc1cnc(N)nc1-c1cc(C(=O)O)c(-c2cc(Cl)ccc2C)n1COCC[Si](C)(C)C. The van der Waals surface area contributed by atoms with Crippen LogP contribution in [0.2, 0.25) is 30.7 Å². The summed E-state index contributed by atoms with van der Waals surface area (Å²) < 4.78 is 7.81. The van der Waals surface area contributed by atoms with Gasteiger partial charge in [0.15, 0.2) is 0 Å². The standard InChI is InChI=1S/C24H27ClN4O3Si/c1-6-16-13-27-24(26)28-21(16)20-12-19(23(30)31)22(18-11-17(25)8-7-15(18)2)29(20)14-32-9-10-33(3,4)5/h1,7-8,11-13H,9-10,14H2,2-5H3,(H,30,31)(H2,26,27,28). The maximum absolute atomic E-state index is 12.3. The number of rotatable bonds is 8. The van der Waals surface area contributed by atoms with Crippen LogP contribution in [0.5, 0.6) is 0 Å². The van der Waals surface area contributed by atoms with E-state index in [9.17, 15) is 9.90 Å².